The summed E-state index contributed by atoms with van der Waals surface area (Å²) in [6.45, 7) is 4.77. The van der Waals surface area contributed by atoms with E-state index in [1.54, 1.807) is 11.1 Å². The van der Waals surface area contributed by atoms with Gasteiger partial charge in [-0.2, -0.15) is 0 Å². The summed E-state index contributed by atoms with van der Waals surface area (Å²) in [5, 5.41) is 0. The number of hydrogen-bond acceptors (Lipinski definition) is 1. The summed E-state index contributed by atoms with van der Waals surface area (Å²) in [6, 6.07) is 0. The molecule has 2 atom stereocenters. The molecule has 0 amide bonds. The first-order valence-corrected chi connectivity index (χ1v) is 5.81. The molecule has 4 rings (SSSR count). The fraction of sp³-hybridized carbons (Fsp3) is 0.769. The Hall–Kier alpha value is -0.590. The molecule has 2 bridgehead atoms. The van der Waals surface area contributed by atoms with Crippen molar-refractivity contribution >= 4 is 5.78 Å². The SMILES string of the molecule is CC1(C)[C@H]2CC3=C(CC(=O)CC3)[C@@H]1C2. The van der Waals surface area contributed by atoms with E-state index >= 15 is 0 Å². The average Bonchev–Trinajstić information content (AvgIpc) is 2.16. The lowest BCUT2D eigenvalue weighted by Gasteiger charge is -2.58. The molecule has 0 spiro atoms. The van der Waals surface area contributed by atoms with E-state index in [1.807, 2.05) is 0 Å². The van der Waals surface area contributed by atoms with Crippen LogP contribution in [-0.4, -0.2) is 5.78 Å². The molecular formula is C13H18O. The number of ketones is 1. The van der Waals surface area contributed by atoms with Crippen molar-refractivity contribution in [2.24, 2.45) is 17.3 Å². The van der Waals surface area contributed by atoms with E-state index in [1.165, 1.54) is 12.8 Å². The lowest BCUT2D eigenvalue weighted by molar-refractivity contribution is -0.120. The predicted octanol–water partition coefficient (Wildman–Crippen LogP) is 3.10. The second-order valence-corrected chi connectivity index (χ2v) is 5.85. The maximum atomic E-state index is 11.5. The van der Waals surface area contributed by atoms with E-state index in [4.69, 9.17) is 0 Å². The molecule has 14 heavy (non-hydrogen) atoms. The van der Waals surface area contributed by atoms with Crippen molar-refractivity contribution in [1.82, 2.24) is 0 Å². The maximum Gasteiger partial charge on any atom is 0.137 e. The Morgan fingerprint density at radius 3 is 2.79 bits per heavy atom. The van der Waals surface area contributed by atoms with Crippen LogP contribution in [0.4, 0.5) is 0 Å². The van der Waals surface area contributed by atoms with Crippen molar-refractivity contribution < 1.29 is 4.79 Å². The second kappa shape index (κ2) is 2.50. The Morgan fingerprint density at radius 2 is 2.07 bits per heavy atom. The fourth-order valence-corrected chi connectivity index (χ4v) is 3.73. The molecule has 0 unspecified atom stereocenters. The third-order valence-corrected chi connectivity index (χ3v) is 4.93. The minimum absolute atomic E-state index is 0.477. The van der Waals surface area contributed by atoms with Crippen LogP contribution in [0.5, 0.6) is 0 Å². The standard InChI is InChI=1S/C13H18O/c1-13(2)9-5-8-3-4-10(14)7-11(8)12(13)6-9/h9,12H,3-7H2,1-2H3/t9-,12-/m0/s1. The molecule has 1 heteroatoms. The zero-order chi connectivity index (χ0) is 9.92. The van der Waals surface area contributed by atoms with Gasteiger partial charge in [0.15, 0.2) is 0 Å². The molecule has 76 valence electrons. The Balaban J connectivity index is 1.98. The van der Waals surface area contributed by atoms with Crippen LogP contribution in [0.1, 0.15) is 46.0 Å². The third kappa shape index (κ3) is 0.933. The molecular weight excluding hydrogens is 172 g/mol. The van der Waals surface area contributed by atoms with Gasteiger partial charge < -0.3 is 0 Å². The highest BCUT2D eigenvalue weighted by Crippen LogP contribution is 2.62. The van der Waals surface area contributed by atoms with Gasteiger partial charge in [-0.25, -0.2) is 0 Å². The first-order chi connectivity index (χ1) is 6.59. The fourth-order valence-electron chi connectivity index (χ4n) is 3.73. The number of hydrogen-bond donors (Lipinski definition) is 0. The molecule has 0 N–H and O–H groups in total. The Labute approximate surface area is 85.6 Å². The lowest BCUT2D eigenvalue weighted by Crippen LogP contribution is -2.50. The van der Waals surface area contributed by atoms with Crippen molar-refractivity contribution in [3.05, 3.63) is 11.1 Å². The monoisotopic (exact) mass is 190 g/mol. The van der Waals surface area contributed by atoms with E-state index in [0.717, 1.165) is 31.1 Å². The molecule has 0 heterocycles. The smallest absolute Gasteiger partial charge is 0.137 e. The van der Waals surface area contributed by atoms with Gasteiger partial charge in [0.2, 0.25) is 0 Å². The van der Waals surface area contributed by atoms with Gasteiger partial charge in [0.05, 0.1) is 0 Å². The lowest BCUT2D eigenvalue weighted by atomic mass is 9.46. The van der Waals surface area contributed by atoms with Crippen LogP contribution in [0.25, 0.3) is 0 Å². The van der Waals surface area contributed by atoms with Gasteiger partial charge in [0.25, 0.3) is 0 Å². The summed E-state index contributed by atoms with van der Waals surface area (Å²) in [5.41, 5.74) is 3.70. The Kier molecular flexibility index (Phi) is 1.55. The summed E-state index contributed by atoms with van der Waals surface area (Å²) in [5.74, 6) is 2.14. The van der Waals surface area contributed by atoms with Crippen molar-refractivity contribution in [3.63, 3.8) is 0 Å². The number of carbonyl (C=O) groups excluding carboxylic acids is 1. The quantitative estimate of drug-likeness (QED) is 0.536. The number of Topliss-reactive ketones (excluding diaryl/α,β-unsaturated/α-hetero) is 1. The zero-order valence-electron chi connectivity index (χ0n) is 9.10. The zero-order valence-corrected chi connectivity index (χ0v) is 9.10. The Morgan fingerprint density at radius 1 is 1.29 bits per heavy atom. The first kappa shape index (κ1) is 8.70. The van der Waals surface area contributed by atoms with Crippen molar-refractivity contribution in [1.29, 1.82) is 0 Å². The molecule has 0 aromatic heterocycles. The first-order valence-electron chi connectivity index (χ1n) is 5.81. The molecule has 4 aliphatic rings. The van der Waals surface area contributed by atoms with E-state index in [-0.39, 0.29) is 0 Å². The van der Waals surface area contributed by atoms with Crippen LogP contribution in [0.3, 0.4) is 0 Å². The topological polar surface area (TPSA) is 17.1 Å². The van der Waals surface area contributed by atoms with Gasteiger partial charge in [-0.05, 0) is 36.5 Å². The van der Waals surface area contributed by atoms with E-state index in [9.17, 15) is 4.79 Å². The summed E-state index contributed by atoms with van der Waals surface area (Å²) in [4.78, 5) is 11.5. The van der Waals surface area contributed by atoms with E-state index < -0.39 is 0 Å². The minimum Gasteiger partial charge on any atom is -0.299 e. The van der Waals surface area contributed by atoms with Crippen LogP contribution >= 0.6 is 0 Å². The highest BCUT2D eigenvalue weighted by atomic mass is 16.1. The molecule has 1 fully saturated rings. The van der Waals surface area contributed by atoms with Crippen LogP contribution in [-0.2, 0) is 4.79 Å². The molecule has 0 saturated heterocycles. The average molecular weight is 190 g/mol. The molecule has 0 aromatic rings. The van der Waals surface area contributed by atoms with Gasteiger partial charge in [-0.3, -0.25) is 4.79 Å². The molecule has 4 aliphatic carbocycles. The predicted molar refractivity (Wildman–Crippen MR) is 55.9 cm³/mol. The summed E-state index contributed by atoms with van der Waals surface area (Å²) in [6.07, 6.45) is 5.34. The number of allylic oxidation sites excluding steroid dienone is 2. The molecule has 1 nitrogen and oxygen atoms in total. The molecule has 0 aromatic carbocycles. The minimum atomic E-state index is 0.477. The Bertz CT molecular complexity index is 335. The van der Waals surface area contributed by atoms with Crippen molar-refractivity contribution in [3.8, 4) is 0 Å². The summed E-state index contributed by atoms with van der Waals surface area (Å²) in [7, 11) is 0. The highest BCUT2D eigenvalue weighted by molar-refractivity contribution is 5.83. The summed E-state index contributed by atoms with van der Waals surface area (Å²) < 4.78 is 0. The van der Waals surface area contributed by atoms with Crippen LogP contribution < -0.4 is 0 Å². The van der Waals surface area contributed by atoms with E-state index in [2.05, 4.69) is 13.8 Å². The molecule has 0 radical (unpaired) electrons. The van der Waals surface area contributed by atoms with E-state index in [0.29, 0.717) is 11.2 Å². The normalized spacial score (nSPS) is 39.1. The van der Waals surface area contributed by atoms with Crippen molar-refractivity contribution in [2.75, 3.05) is 0 Å². The maximum absolute atomic E-state index is 11.5. The summed E-state index contributed by atoms with van der Waals surface area (Å²) >= 11 is 0. The van der Waals surface area contributed by atoms with Gasteiger partial charge in [0, 0.05) is 12.8 Å². The third-order valence-electron chi connectivity index (χ3n) is 4.93. The van der Waals surface area contributed by atoms with Crippen LogP contribution in [0.2, 0.25) is 0 Å². The number of rotatable bonds is 0. The van der Waals surface area contributed by atoms with Crippen LogP contribution in [0, 0.1) is 17.3 Å². The van der Waals surface area contributed by atoms with Gasteiger partial charge in [-0.1, -0.05) is 25.0 Å². The number of carbonyl (C=O) groups is 1. The second-order valence-electron chi connectivity index (χ2n) is 5.85. The van der Waals surface area contributed by atoms with Gasteiger partial charge in [0.1, 0.15) is 5.78 Å². The van der Waals surface area contributed by atoms with Gasteiger partial charge in [-0.15, -0.1) is 0 Å². The van der Waals surface area contributed by atoms with Crippen molar-refractivity contribution in [2.45, 2.75) is 46.0 Å². The molecule has 1 saturated carbocycles. The molecule has 0 aliphatic heterocycles. The van der Waals surface area contributed by atoms with Gasteiger partial charge >= 0.3 is 0 Å². The highest BCUT2D eigenvalue weighted by Gasteiger charge is 2.53. The largest absolute Gasteiger partial charge is 0.299 e. The van der Waals surface area contributed by atoms with Crippen LogP contribution in [0.15, 0.2) is 11.1 Å².